The van der Waals surface area contributed by atoms with Crippen molar-refractivity contribution in [1.29, 1.82) is 0 Å². The molecule has 25 heavy (non-hydrogen) atoms. The van der Waals surface area contributed by atoms with E-state index in [-0.39, 0.29) is 11.7 Å². The number of aromatic nitrogens is 2. The number of aliphatic hydroxyl groups excluding tert-OH is 1. The first kappa shape index (κ1) is 17.8. The molecule has 1 saturated heterocycles. The summed E-state index contributed by atoms with van der Waals surface area (Å²) in [4.78, 5) is 22.0. The summed E-state index contributed by atoms with van der Waals surface area (Å²) in [6.07, 6.45) is 2.27. The van der Waals surface area contributed by atoms with Crippen molar-refractivity contribution in [2.75, 3.05) is 13.1 Å². The van der Waals surface area contributed by atoms with Crippen LogP contribution in [0.15, 0.2) is 35.1 Å². The molecule has 0 atom stereocenters. The van der Waals surface area contributed by atoms with Gasteiger partial charge in [0.2, 0.25) is 0 Å². The van der Waals surface area contributed by atoms with Gasteiger partial charge in [-0.1, -0.05) is 38.1 Å². The molecule has 1 aromatic carbocycles. The summed E-state index contributed by atoms with van der Waals surface area (Å²) in [6.45, 7) is 6.85. The van der Waals surface area contributed by atoms with E-state index in [2.05, 4.69) is 29.8 Å². The van der Waals surface area contributed by atoms with Gasteiger partial charge in [0.25, 0.3) is 5.56 Å². The Balaban J connectivity index is 1.88. The van der Waals surface area contributed by atoms with E-state index in [1.54, 1.807) is 6.07 Å². The molecular weight excluding hydrogens is 314 g/mol. The molecule has 0 spiro atoms. The Bertz CT molecular complexity index is 762. The van der Waals surface area contributed by atoms with Crippen LogP contribution < -0.4 is 5.56 Å². The quantitative estimate of drug-likeness (QED) is 0.877. The third kappa shape index (κ3) is 4.77. The van der Waals surface area contributed by atoms with E-state index in [9.17, 15) is 9.90 Å². The zero-order valence-electron chi connectivity index (χ0n) is 15.0. The number of rotatable bonds is 5. The van der Waals surface area contributed by atoms with Gasteiger partial charge in [-0.25, -0.2) is 4.98 Å². The summed E-state index contributed by atoms with van der Waals surface area (Å²) in [7, 11) is 0. The molecule has 0 aliphatic carbocycles. The predicted octanol–water partition coefficient (Wildman–Crippen LogP) is 2.59. The first-order chi connectivity index (χ1) is 12.0. The maximum Gasteiger partial charge on any atom is 0.251 e. The lowest BCUT2D eigenvalue weighted by Crippen LogP contribution is -2.35. The molecule has 5 nitrogen and oxygen atoms in total. The van der Waals surface area contributed by atoms with E-state index in [0.717, 1.165) is 55.7 Å². The Morgan fingerprint density at radius 3 is 2.72 bits per heavy atom. The third-order valence-corrected chi connectivity index (χ3v) is 4.64. The Morgan fingerprint density at radius 1 is 1.28 bits per heavy atom. The van der Waals surface area contributed by atoms with Crippen LogP contribution in [0.1, 0.15) is 37.9 Å². The molecule has 1 aliphatic heterocycles. The lowest BCUT2D eigenvalue weighted by Gasteiger charge is -2.30. The molecule has 134 valence electrons. The predicted molar refractivity (Wildman–Crippen MR) is 99.4 cm³/mol. The van der Waals surface area contributed by atoms with Crippen molar-refractivity contribution in [2.45, 2.75) is 45.8 Å². The number of benzene rings is 1. The molecular formula is C20H27N3O2. The van der Waals surface area contributed by atoms with E-state index >= 15 is 0 Å². The molecule has 1 fully saturated rings. The van der Waals surface area contributed by atoms with Crippen LogP contribution in [0, 0.1) is 5.92 Å². The molecule has 0 amide bonds. The Labute approximate surface area is 148 Å². The molecule has 0 saturated carbocycles. The lowest BCUT2D eigenvalue weighted by atomic mass is 10.0. The smallest absolute Gasteiger partial charge is 0.251 e. The Kier molecular flexibility index (Phi) is 5.66. The summed E-state index contributed by atoms with van der Waals surface area (Å²) in [5, 5.41) is 9.68. The molecule has 2 aromatic rings. The molecule has 5 heteroatoms. The van der Waals surface area contributed by atoms with Gasteiger partial charge < -0.3 is 10.1 Å². The van der Waals surface area contributed by atoms with E-state index in [1.165, 1.54) is 0 Å². The molecule has 0 bridgehead atoms. The Hall–Kier alpha value is -1.98. The number of hydrogen-bond donors (Lipinski definition) is 2. The minimum atomic E-state index is -0.169. The average molecular weight is 341 g/mol. The summed E-state index contributed by atoms with van der Waals surface area (Å²) in [5.41, 5.74) is 2.88. The fourth-order valence-corrected chi connectivity index (χ4v) is 3.37. The van der Waals surface area contributed by atoms with Gasteiger partial charge in [-0.15, -0.1) is 0 Å². The van der Waals surface area contributed by atoms with Gasteiger partial charge in [-0.05, 0) is 30.7 Å². The number of hydrogen-bond acceptors (Lipinski definition) is 4. The first-order valence-electron chi connectivity index (χ1n) is 9.10. The highest BCUT2D eigenvalue weighted by Crippen LogP contribution is 2.23. The minimum Gasteiger partial charge on any atom is -0.393 e. The minimum absolute atomic E-state index is 0.100. The number of nitrogens with zero attached hydrogens (tertiary/aromatic N) is 2. The summed E-state index contributed by atoms with van der Waals surface area (Å²) in [5.74, 6) is 1.10. The molecule has 3 rings (SSSR count). The highest BCUT2D eigenvalue weighted by molar-refractivity contribution is 5.60. The molecule has 2 N–H and O–H groups in total. The average Bonchev–Trinajstić information content (AvgIpc) is 2.56. The number of piperidine rings is 1. The van der Waals surface area contributed by atoms with E-state index < -0.39 is 0 Å². The van der Waals surface area contributed by atoms with Gasteiger partial charge >= 0.3 is 0 Å². The monoisotopic (exact) mass is 341 g/mol. The van der Waals surface area contributed by atoms with Crippen LogP contribution in [0.5, 0.6) is 0 Å². The van der Waals surface area contributed by atoms with Gasteiger partial charge in [-0.3, -0.25) is 9.69 Å². The van der Waals surface area contributed by atoms with Crippen LogP contribution in [0.2, 0.25) is 0 Å². The topological polar surface area (TPSA) is 69.2 Å². The van der Waals surface area contributed by atoms with Crippen molar-refractivity contribution >= 4 is 0 Å². The van der Waals surface area contributed by atoms with Crippen LogP contribution in [0.4, 0.5) is 0 Å². The number of aliphatic hydroxyl groups is 1. The second kappa shape index (κ2) is 7.93. The van der Waals surface area contributed by atoms with Crippen molar-refractivity contribution in [3.05, 3.63) is 51.9 Å². The summed E-state index contributed by atoms with van der Waals surface area (Å²) >= 11 is 0. The molecule has 0 radical (unpaired) electrons. The van der Waals surface area contributed by atoms with Gasteiger partial charge in [0.05, 0.1) is 6.10 Å². The van der Waals surface area contributed by atoms with Gasteiger partial charge in [-0.2, -0.15) is 0 Å². The summed E-state index contributed by atoms with van der Waals surface area (Å²) < 4.78 is 0. The Morgan fingerprint density at radius 2 is 2.00 bits per heavy atom. The standard InChI is InChI=1S/C20H27N3O2/c1-14(2)11-16-12-19(25)22-20(21-16)18-6-4-3-5-15(18)13-23-9-7-17(24)8-10-23/h3-6,12,14,17,24H,7-11,13H2,1-2H3,(H,21,22,25). The molecule has 1 aromatic heterocycles. The number of H-pyrrole nitrogens is 1. The largest absolute Gasteiger partial charge is 0.393 e. The van der Waals surface area contributed by atoms with E-state index in [4.69, 9.17) is 4.98 Å². The van der Waals surface area contributed by atoms with Crippen LogP contribution in [0.3, 0.4) is 0 Å². The zero-order chi connectivity index (χ0) is 17.8. The van der Waals surface area contributed by atoms with Crippen LogP contribution in [-0.2, 0) is 13.0 Å². The van der Waals surface area contributed by atoms with Crippen molar-refractivity contribution in [1.82, 2.24) is 14.9 Å². The highest BCUT2D eigenvalue weighted by atomic mass is 16.3. The summed E-state index contributed by atoms with van der Waals surface area (Å²) in [6, 6.07) is 9.71. The third-order valence-electron chi connectivity index (χ3n) is 4.64. The van der Waals surface area contributed by atoms with Crippen LogP contribution in [0.25, 0.3) is 11.4 Å². The van der Waals surface area contributed by atoms with Crippen molar-refractivity contribution < 1.29 is 5.11 Å². The van der Waals surface area contributed by atoms with Gasteiger partial charge in [0.1, 0.15) is 5.82 Å². The second-order valence-electron chi connectivity index (χ2n) is 7.35. The number of likely N-dealkylation sites (tertiary alicyclic amines) is 1. The van der Waals surface area contributed by atoms with E-state index in [0.29, 0.717) is 11.7 Å². The SMILES string of the molecule is CC(C)Cc1cc(=O)[nH]c(-c2ccccc2CN2CCC(O)CC2)n1. The van der Waals surface area contributed by atoms with Crippen molar-refractivity contribution in [3.63, 3.8) is 0 Å². The van der Waals surface area contributed by atoms with Gasteiger partial charge in [0, 0.05) is 37.0 Å². The van der Waals surface area contributed by atoms with Crippen molar-refractivity contribution in [2.24, 2.45) is 5.92 Å². The molecule has 2 heterocycles. The normalized spacial score (nSPS) is 16.5. The van der Waals surface area contributed by atoms with E-state index in [1.807, 2.05) is 18.2 Å². The fourth-order valence-electron chi connectivity index (χ4n) is 3.37. The molecule has 0 unspecified atom stereocenters. The number of aromatic amines is 1. The van der Waals surface area contributed by atoms with Crippen molar-refractivity contribution in [3.8, 4) is 11.4 Å². The maximum absolute atomic E-state index is 12.1. The number of nitrogens with one attached hydrogen (secondary N) is 1. The fraction of sp³-hybridized carbons (Fsp3) is 0.500. The molecule has 1 aliphatic rings. The second-order valence-corrected chi connectivity index (χ2v) is 7.35. The first-order valence-corrected chi connectivity index (χ1v) is 9.10. The zero-order valence-corrected chi connectivity index (χ0v) is 15.0. The lowest BCUT2D eigenvalue weighted by molar-refractivity contribution is 0.0793. The maximum atomic E-state index is 12.1. The van der Waals surface area contributed by atoms with Gasteiger partial charge in [0.15, 0.2) is 0 Å². The van der Waals surface area contributed by atoms with Crippen LogP contribution >= 0.6 is 0 Å². The van der Waals surface area contributed by atoms with Crippen LogP contribution in [-0.4, -0.2) is 39.2 Å². The highest BCUT2D eigenvalue weighted by Gasteiger charge is 2.18.